The molecule has 2 heterocycles. The second-order valence-electron chi connectivity index (χ2n) is 5.75. The van der Waals surface area contributed by atoms with Crippen molar-refractivity contribution in [1.29, 1.82) is 0 Å². The van der Waals surface area contributed by atoms with Gasteiger partial charge >= 0.3 is 0 Å². The Morgan fingerprint density at radius 2 is 2.00 bits per heavy atom. The molecule has 1 amide bonds. The molecule has 0 aromatic heterocycles. The highest BCUT2D eigenvalue weighted by atomic mass is 16.2. The average Bonchev–Trinajstić information content (AvgIpc) is 3.00. The molecule has 0 radical (unpaired) electrons. The molecule has 1 atom stereocenters. The largest absolute Gasteiger partial charge is 0.353 e. The highest BCUT2D eigenvalue weighted by Crippen LogP contribution is 2.16. The number of nitrogens with one attached hydrogen (secondary N) is 2. The van der Waals surface area contributed by atoms with Crippen molar-refractivity contribution in [3.63, 3.8) is 0 Å². The first kappa shape index (κ1) is 13.6. The Hall–Kier alpha value is -1.39. The molecule has 2 aliphatic rings. The number of rotatable bonds is 4. The molecule has 1 fully saturated rings. The van der Waals surface area contributed by atoms with Gasteiger partial charge in [-0.05, 0) is 43.5 Å². The van der Waals surface area contributed by atoms with E-state index in [1.54, 1.807) is 0 Å². The second-order valence-corrected chi connectivity index (χ2v) is 5.75. The van der Waals surface area contributed by atoms with Gasteiger partial charge in [0.25, 0.3) is 0 Å². The van der Waals surface area contributed by atoms with Crippen LogP contribution in [0.4, 0.5) is 0 Å². The van der Waals surface area contributed by atoms with Gasteiger partial charge in [-0.3, -0.25) is 4.79 Å². The van der Waals surface area contributed by atoms with Crippen molar-refractivity contribution in [2.75, 3.05) is 26.2 Å². The Balaban J connectivity index is 1.46. The number of fused-ring (bicyclic) bond motifs is 1. The van der Waals surface area contributed by atoms with Gasteiger partial charge in [-0.15, -0.1) is 0 Å². The third-order valence-electron chi connectivity index (χ3n) is 4.32. The first-order valence-corrected chi connectivity index (χ1v) is 7.63. The minimum Gasteiger partial charge on any atom is -0.353 e. The monoisotopic (exact) mass is 273 g/mol. The van der Waals surface area contributed by atoms with Crippen molar-refractivity contribution < 1.29 is 4.79 Å². The average molecular weight is 273 g/mol. The molecule has 2 N–H and O–H groups in total. The van der Waals surface area contributed by atoms with Crippen LogP contribution in [-0.2, 0) is 17.8 Å². The molecule has 1 aromatic carbocycles. The summed E-state index contributed by atoms with van der Waals surface area (Å²) in [6, 6.07) is 8.28. The Kier molecular flexibility index (Phi) is 4.33. The molecule has 1 saturated heterocycles. The van der Waals surface area contributed by atoms with Crippen molar-refractivity contribution in [1.82, 2.24) is 15.5 Å². The maximum Gasteiger partial charge on any atom is 0.237 e. The summed E-state index contributed by atoms with van der Waals surface area (Å²) in [7, 11) is 0. The van der Waals surface area contributed by atoms with Crippen LogP contribution in [-0.4, -0.2) is 43.0 Å². The van der Waals surface area contributed by atoms with Gasteiger partial charge in [0.2, 0.25) is 5.91 Å². The maximum absolute atomic E-state index is 12.2. The molecule has 0 bridgehead atoms. The zero-order valence-electron chi connectivity index (χ0n) is 11.9. The van der Waals surface area contributed by atoms with E-state index in [9.17, 15) is 4.79 Å². The van der Waals surface area contributed by atoms with E-state index in [2.05, 4.69) is 33.7 Å². The summed E-state index contributed by atoms with van der Waals surface area (Å²) in [5, 5.41) is 6.39. The first-order valence-electron chi connectivity index (χ1n) is 7.63. The Morgan fingerprint density at radius 3 is 2.80 bits per heavy atom. The standard InChI is InChI=1S/C16H23N3O/c20-16(17-7-10-19-8-3-4-9-19)15-11-13-5-1-2-6-14(13)12-18-15/h1-2,5-6,15,18H,3-4,7-12H2,(H,17,20)/t15-/m1/s1. The maximum atomic E-state index is 12.2. The summed E-state index contributed by atoms with van der Waals surface area (Å²) in [4.78, 5) is 14.6. The molecule has 1 aromatic rings. The minimum atomic E-state index is -0.0801. The molecule has 4 nitrogen and oxygen atoms in total. The summed E-state index contributed by atoms with van der Waals surface area (Å²) in [5.41, 5.74) is 2.61. The molecule has 0 aliphatic carbocycles. The van der Waals surface area contributed by atoms with E-state index in [4.69, 9.17) is 0 Å². The van der Waals surface area contributed by atoms with Crippen molar-refractivity contribution in [2.24, 2.45) is 0 Å². The summed E-state index contributed by atoms with van der Waals surface area (Å²) in [5.74, 6) is 0.138. The van der Waals surface area contributed by atoms with Crippen LogP contribution in [0.25, 0.3) is 0 Å². The van der Waals surface area contributed by atoms with E-state index in [0.717, 1.165) is 26.1 Å². The van der Waals surface area contributed by atoms with E-state index in [-0.39, 0.29) is 11.9 Å². The van der Waals surface area contributed by atoms with Gasteiger partial charge in [0.1, 0.15) is 0 Å². The van der Waals surface area contributed by atoms with E-state index in [1.807, 2.05) is 6.07 Å². The predicted molar refractivity (Wildman–Crippen MR) is 79.5 cm³/mol. The van der Waals surface area contributed by atoms with Crippen molar-refractivity contribution in [3.8, 4) is 0 Å². The Morgan fingerprint density at radius 1 is 1.25 bits per heavy atom. The van der Waals surface area contributed by atoms with Gasteiger partial charge < -0.3 is 15.5 Å². The summed E-state index contributed by atoms with van der Waals surface area (Å²) in [6.07, 6.45) is 3.40. The number of hydrogen-bond donors (Lipinski definition) is 2. The first-order chi connectivity index (χ1) is 9.83. The SMILES string of the molecule is O=C(NCCN1CCCC1)[C@H]1Cc2ccccc2CN1. The van der Waals surface area contributed by atoms with Gasteiger partial charge in [0.15, 0.2) is 0 Å². The molecule has 108 valence electrons. The molecule has 4 heteroatoms. The third-order valence-corrected chi connectivity index (χ3v) is 4.32. The lowest BCUT2D eigenvalue weighted by Gasteiger charge is -2.25. The summed E-state index contributed by atoms with van der Waals surface area (Å²) < 4.78 is 0. The molecule has 0 spiro atoms. The van der Waals surface area contributed by atoms with Gasteiger partial charge in [0, 0.05) is 19.6 Å². The van der Waals surface area contributed by atoms with Crippen LogP contribution in [0.3, 0.4) is 0 Å². The zero-order chi connectivity index (χ0) is 13.8. The highest BCUT2D eigenvalue weighted by Gasteiger charge is 2.23. The molecule has 2 aliphatic heterocycles. The Bertz CT molecular complexity index is 469. The summed E-state index contributed by atoms with van der Waals surface area (Å²) in [6.45, 7) is 4.91. The highest BCUT2D eigenvalue weighted by molar-refractivity contribution is 5.82. The summed E-state index contributed by atoms with van der Waals surface area (Å²) >= 11 is 0. The lowest BCUT2D eigenvalue weighted by Crippen LogP contribution is -2.48. The number of carbonyl (C=O) groups is 1. The number of amides is 1. The molecule has 0 unspecified atom stereocenters. The topological polar surface area (TPSA) is 44.4 Å². The van der Waals surface area contributed by atoms with E-state index < -0.39 is 0 Å². The lowest BCUT2D eigenvalue weighted by molar-refractivity contribution is -0.123. The second kappa shape index (κ2) is 6.37. The normalized spacial score (nSPS) is 22.5. The molecular weight excluding hydrogens is 250 g/mol. The fourth-order valence-corrected chi connectivity index (χ4v) is 3.11. The number of carbonyl (C=O) groups excluding carboxylic acids is 1. The minimum absolute atomic E-state index is 0.0801. The van der Waals surface area contributed by atoms with Gasteiger partial charge in [-0.25, -0.2) is 0 Å². The van der Waals surface area contributed by atoms with Crippen LogP contribution in [0.2, 0.25) is 0 Å². The predicted octanol–water partition coefficient (Wildman–Crippen LogP) is 0.913. The van der Waals surface area contributed by atoms with Gasteiger partial charge in [-0.1, -0.05) is 24.3 Å². The van der Waals surface area contributed by atoms with Crippen molar-refractivity contribution >= 4 is 5.91 Å². The molecule has 20 heavy (non-hydrogen) atoms. The van der Waals surface area contributed by atoms with Gasteiger partial charge in [-0.2, -0.15) is 0 Å². The number of benzene rings is 1. The van der Waals surface area contributed by atoms with E-state index in [0.29, 0.717) is 0 Å². The molecule has 3 rings (SSSR count). The number of nitrogens with zero attached hydrogens (tertiary/aromatic N) is 1. The molecule has 0 saturated carbocycles. The van der Waals surface area contributed by atoms with Gasteiger partial charge in [0.05, 0.1) is 6.04 Å². The van der Waals surface area contributed by atoms with Crippen molar-refractivity contribution in [3.05, 3.63) is 35.4 Å². The van der Waals surface area contributed by atoms with Crippen LogP contribution in [0.1, 0.15) is 24.0 Å². The fraction of sp³-hybridized carbons (Fsp3) is 0.562. The Labute approximate surface area is 120 Å². The van der Waals surface area contributed by atoms with Crippen LogP contribution < -0.4 is 10.6 Å². The van der Waals surface area contributed by atoms with Crippen molar-refractivity contribution in [2.45, 2.75) is 31.8 Å². The lowest BCUT2D eigenvalue weighted by atomic mass is 9.95. The third kappa shape index (κ3) is 3.19. The van der Waals surface area contributed by atoms with Crippen LogP contribution in [0.15, 0.2) is 24.3 Å². The zero-order valence-corrected chi connectivity index (χ0v) is 11.9. The van der Waals surface area contributed by atoms with Crippen LogP contribution in [0, 0.1) is 0 Å². The quantitative estimate of drug-likeness (QED) is 0.857. The smallest absolute Gasteiger partial charge is 0.237 e. The van der Waals surface area contributed by atoms with E-state index in [1.165, 1.54) is 37.1 Å². The van der Waals surface area contributed by atoms with E-state index >= 15 is 0 Å². The fourth-order valence-electron chi connectivity index (χ4n) is 3.11. The number of likely N-dealkylation sites (tertiary alicyclic amines) is 1. The number of hydrogen-bond acceptors (Lipinski definition) is 3. The van der Waals surface area contributed by atoms with Crippen LogP contribution in [0.5, 0.6) is 0 Å². The van der Waals surface area contributed by atoms with Crippen LogP contribution >= 0.6 is 0 Å². The molecular formula is C16H23N3O.